The van der Waals surface area contributed by atoms with Crippen molar-refractivity contribution in [3.8, 4) is 17.2 Å². The van der Waals surface area contributed by atoms with E-state index in [2.05, 4.69) is 6.58 Å². The Bertz CT molecular complexity index is 950. The second-order valence-corrected chi connectivity index (χ2v) is 8.12. The van der Waals surface area contributed by atoms with E-state index in [1.54, 1.807) is 21.1 Å². The Kier molecular flexibility index (Phi) is 11.6. The van der Waals surface area contributed by atoms with E-state index in [4.69, 9.17) is 24.7 Å². The third kappa shape index (κ3) is 9.22. The summed E-state index contributed by atoms with van der Waals surface area (Å²) in [5, 5.41) is 0. The minimum Gasteiger partial charge on any atom is -0.494 e. The standard InChI is InChI=1S/C28H37NO5/c1-21(2)28(30)34-18-10-8-6-5-7-9-17-33-24-14-11-22(12-15-24)19-25(29)23-13-16-26(31-3)27(20-23)32-4/h11-16,19-20H,1,5-10,17-18,29H2,2-4H3/b25-19-. The van der Waals surface area contributed by atoms with Gasteiger partial charge in [0.15, 0.2) is 11.5 Å². The monoisotopic (exact) mass is 467 g/mol. The Morgan fingerprint density at radius 2 is 1.50 bits per heavy atom. The summed E-state index contributed by atoms with van der Waals surface area (Å²) in [6.45, 7) is 6.40. The first-order valence-electron chi connectivity index (χ1n) is 11.7. The summed E-state index contributed by atoms with van der Waals surface area (Å²) < 4.78 is 21.6. The normalized spacial score (nSPS) is 11.1. The molecule has 2 aromatic carbocycles. The van der Waals surface area contributed by atoms with Crippen LogP contribution in [0.25, 0.3) is 11.8 Å². The minimum absolute atomic E-state index is 0.303. The van der Waals surface area contributed by atoms with Gasteiger partial charge < -0.3 is 24.7 Å². The number of hydrogen-bond donors (Lipinski definition) is 1. The second kappa shape index (κ2) is 14.7. The van der Waals surface area contributed by atoms with Crippen LogP contribution < -0.4 is 19.9 Å². The van der Waals surface area contributed by atoms with Crippen molar-refractivity contribution in [2.75, 3.05) is 27.4 Å². The predicted molar refractivity (Wildman–Crippen MR) is 137 cm³/mol. The van der Waals surface area contributed by atoms with Gasteiger partial charge in [0.2, 0.25) is 0 Å². The molecule has 34 heavy (non-hydrogen) atoms. The number of esters is 1. The molecule has 0 saturated heterocycles. The number of carbonyl (C=O) groups is 1. The maximum Gasteiger partial charge on any atom is 0.333 e. The Morgan fingerprint density at radius 1 is 0.882 bits per heavy atom. The summed E-state index contributed by atoms with van der Waals surface area (Å²) >= 11 is 0. The van der Waals surface area contributed by atoms with Crippen molar-refractivity contribution in [3.63, 3.8) is 0 Å². The third-order valence-electron chi connectivity index (χ3n) is 5.31. The van der Waals surface area contributed by atoms with Gasteiger partial charge in [-0.05, 0) is 61.7 Å². The van der Waals surface area contributed by atoms with Crippen molar-refractivity contribution in [1.82, 2.24) is 0 Å². The van der Waals surface area contributed by atoms with Gasteiger partial charge in [-0.2, -0.15) is 0 Å². The lowest BCUT2D eigenvalue weighted by Gasteiger charge is -2.10. The Morgan fingerprint density at radius 3 is 2.12 bits per heavy atom. The number of carbonyl (C=O) groups excluding carboxylic acids is 1. The zero-order chi connectivity index (χ0) is 24.8. The third-order valence-corrected chi connectivity index (χ3v) is 5.31. The smallest absolute Gasteiger partial charge is 0.333 e. The zero-order valence-corrected chi connectivity index (χ0v) is 20.6. The molecule has 0 aromatic heterocycles. The molecule has 0 aliphatic carbocycles. The minimum atomic E-state index is -0.303. The van der Waals surface area contributed by atoms with Gasteiger partial charge in [-0.25, -0.2) is 4.79 Å². The second-order valence-electron chi connectivity index (χ2n) is 8.12. The highest BCUT2D eigenvalue weighted by Crippen LogP contribution is 2.29. The van der Waals surface area contributed by atoms with Crippen molar-refractivity contribution >= 4 is 17.7 Å². The molecule has 0 amide bonds. The summed E-state index contributed by atoms with van der Waals surface area (Å²) in [5.74, 6) is 1.86. The van der Waals surface area contributed by atoms with Gasteiger partial charge in [-0.15, -0.1) is 0 Å². The average Bonchev–Trinajstić information content (AvgIpc) is 2.85. The number of ether oxygens (including phenoxy) is 4. The molecule has 0 heterocycles. The van der Waals surface area contributed by atoms with E-state index in [9.17, 15) is 4.79 Å². The van der Waals surface area contributed by atoms with Crippen LogP contribution in [0.4, 0.5) is 0 Å². The molecule has 0 radical (unpaired) electrons. The Labute approximate surface area is 203 Å². The maximum absolute atomic E-state index is 11.3. The van der Waals surface area contributed by atoms with Crippen molar-refractivity contribution in [2.45, 2.75) is 45.4 Å². The molecular weight excluding hydrogens is 430 g/mol. The number of benzene rings is 2. The molecule has 0 spiro atoms. The van der Waals surface area contributed by atoms with E-state index in [1.165, 1.54) is 0 Å². The van der Waals surface area contributed by atoms with Crippen LogP contribution in [0.5, 0.6) is 17.2 Å². The van der Waals surface area contributed by atoms with Crippen LogP contribution in [0, 0.1) is 0 Å². The van der Waals surface area contributed by atoms with Crippen LogP contribution in [0.1, 0.15) is 56.6 Å². The topological polar surface area (TPSA) is 80.0 Å². The van der Waals surface area contributed by atoms with Gasteiger partial charge in [0.1, 0.15) is 5.75 Å². The summed E-state index contributed by atoms with van der Waals surface area (Å²) in [4.78, 5) is 11.3. The van der Waals surface area contributed by atoms with Crippen molar-refractivity contribution in [3.05, 3.63) is 65.7 Å². The van der Waals surface area contributed by atoms with Crippen LogP contribution >= 0.6 is 0 Å². The van der Waals surface area contributed by atoms with E-state index >= 15 is 0 Å². The number of rotatable bonds is 15. The number of unbranched alkanes of at least 4 members (excludes halogenated alkanes) is 5. The Balaban J connectivity index is 1.66. The first-order chi connectivity index (χ1) is 16.4. The fourth-order valence-corrected chi connectivity index (χ4v) is 3.33. The SMILES string of the molecule is C=C(C)C(=O)OCCCCCCCCOc1ccc(/C=C(\N)c2ccc(OC)c(OC)c2)cc1. The Hall–Kier alpha value is -3.41. The largest absolute Gasteiger partial charge is 0.494 e. The predicted octanol–water partition coefficient (Wildman–Crippen LogP) is 6.00. The van der Waals surface area contributed by atoms with Crippen molar-refractivity contribution < 1.29 is 23.7 Å². The molecule has 6 heteroatoms. The van der Waals surface area contributed by atoms with Gasteiger partial charge in [-0.1, -0.05) is 44.4 Å². The molecule has 0 unspecified atom stereocenters. The quantitative estimate of drug-likeness (QED) is 0.150. The van der Waals surface area contributed by atoms with Crippen molar-refractivity contribution in [1.29, 1.82) is 0 Å². The number of methoxy groups -OCH3 is 2. The lowest BCUT2D eigenvalue weighted by Crippen LogP contribution is -2.06. The van der Waals surface area contributed by atoms with E-state index in [0.29, 0.717) is 36.0 Å². The van der Waals surface area contributed by atoms with Crippen LogP contribution in [0.15, 0.2) is 54.6 Å². The van der Waals surface area contributed by atoms with E-state index < -0.39 is 0 Å². The van der Waals surface area contributed by atoms with Gasteiger partial charge in [0.25, 0.3) is 0 Å². The molecule has 0 fully saturated rings. The van der Waals surface area contributed by atoms with Gasteiger partial charge >= 0.3 is 5.97 Å². The molecule has 184 valence electrons. The fourth-order valence-electron chi connectivity index (χ4n) is 3.33. The molecule has 6 nitrogen and oxygen atoms in total. The highest BCUT2D eigenvalue weighted by Gasteiger charge is 2.06. The summed E-state index contributed by atoms with van der Waals surface area (Å²) in [6.07, 6.45) is 8.29. The zero-order valence-electron chi connectivity index (χ0n) is 20.6. The molecule has 2 N–H and O–H groups in total. The van der Waals surface area contributed by atoms with Gasteiger partial charge in [-0.3, -0.25) is 0 Å². The molecule has 0 aliphatic rings. The molecule has 0 aliphatic heterocycles. The summed E-state index contributed by atoms with van der Waals surface area (Å²) in [7, 11) is 3.21. The fraction of sp³-hybridized carbons (Fsp3) is 0.393. The molecule has 0 bridgehead atoms. The summed E-state index contributed by atoms with van der Waals surface area (Å²) in [6, 6.07) is 13.5. The molecule has 0 atom stereocenters. The van der Waals surface area contributed by atoms with E-state index in [-0.39, 0.29) is 5.97 Å². The van der Waals surface area contributed by atoms with Crippen LogP contribution in [-0.4, -0.2) is 33.4 Å². The molecule has 2 rings (SSSR count). The molecule has 2 aromatic rings. The van der Waals surface area contributed by atoms with Crippen LogP contribution in [0.3, 0.4) is 0 Å². The first kappa shape index (κ1) is 26.8. The highest BCUT2D eigenvalue weighted by molar-refractivity contribution is 5.86. The van der Waals surface area contributed by atoms with E-state index in [1.807, 2.05) is 48.5 Å². The summed E-state index contributed by atoms with van der Waals surface area (Å²) in [5.41, 5.74) is 9.23. The van der Waals surface area contributed by atoms with Crippen LogP contribution in [-0.2, 0) is 9.53 Å². The molecular formula is C28H37NO5. The van der Waals surface area contributed by atoms with Crippen LogP contribution in [0.2, 0.25) is 0 Å². The average molecular weight is 468 g/mol. The van der Waals surface area contributed by atoms with Gasteiger partial charge in [0, 0.05) is 16.8 Å². The molecule has 0 saturated carbocycles. The highest BCUT2D eigenvalue weighted by atomic mass is 16.5. The number of nitrogens with two attached hydrogens (primary N) is 1. The lowest BCUT2D eigenvalue weighted by atomic mass is 10.1. The lowest BCUT2D eigenvalue weighted by molar-refractivity contribution is -0.139. The van der Waals surface area contributed by atoms with Gasteiger partial charge in [0.05, 0.1) is 27.4 Å². The first-order valence-corrected chi connectivity index (χ1v) is 11.7. The number of hydrogen-bond acceptors (Lipinski definition) is 6. The van der Waals surface area contributed by atoms with E-state index in [0.717, 1.165) is 55.4 Å². The van der Waals surface area contributed by atoms with Crippen molar-refractivity contribution in [2.24, 2.45) is 5.73 Å². The maximum atomic E-state index is 11.3.